The topological polar surface area (TPSA) is 82.5 Å². The molecule has 0 unspecified atom stereocenters. The maximum absolute atomic E-state index is 12.8. The second-order valence-corrected chi connectivity index (χ2v) is 6.88. The Hall–Kier alpha value is -3.06. The summed E-state index contributed by atoms with van der Waals surface area (Å²) in [5.41, 5.74) is 2.06. The molecule has 3 aromatic rings. The number of hydrogen-bond acceptors (Lipinski definition) is 4. The summed E-state index contributed by atoms with van der Waals surface area (Å²) in [7, 11) is 0. The number of nitro benzene ring substituents is 1. The van der Waals surface area contributed by atoms with E-state index in [0.29, 0.717) is 42.6 Å². The van der Waals surface area contributed by atoms with E-state index in [1.807, 2.05) is 17.0 Å². The maximum Gasteiger partial charge on any atom is 0.292 e. The molecule has 27 heavy (non-hydrogen) atoms. The van der Waals surface area contributed by atoms with E-state index in [1.54, 1.807) is 35.2 Å². The van der Waals surface area contributed by atoms with Crippen molar-refractivity contribution in [3.63, 3.8) is 0 Å². The Labute approximate surface area is 160 Å². The third kappa shape index (κ3) is 3.33. The zero-order chi connectivity index (χ0) is 19.0. The summed E-state index contributed by atoms with van der Waals surface area (Å²) >= 11 is 6.00. The van der Waals surface area contributed by atoms with Crippen LogP contribution in [0.5, 0.6) is 0 Å². The van der Waals surface area contributed by atoms with Crippen LogP contribution in [0.25, 0.3) is 10.9 Å². The highest BCUT2D eigenvalue weighted by molar-refractivity contribution is 6.31. The number of nitrogens with one attached hydrogen (secondary N) is 1. The predicted molar refractivity (Wildman–Crippen MR) is 105 cm³/mol. The number of nitro groups is 1. The van der Waals surface area contributed by atoms with Gasteiger partial charge in [0.15, 0.2) is 0 Å². The van der Waals surface area contributed by atoms with Gasteiger partial charge in [0.2, 0.25) is 0 Å². The van der Waals surface area contributed by atoms with E-state index in [0.717, 1.165) is 10.9 Å². The Morgan fingerprint density at radius 2 is 1.81 bits per heavy atom. The van der Waals surface area contributed by atoms with Crippen molar-refractivity contribution in [3.8, 4) is 0 Å². The molecule has 0 atom stereocenters. The number of carbonyl (C=O) groups is 1. The third-order valence-corrected chi connectivity index (χ3v) is 5.03. The molecule has 0 saturated carbocycles. The minimum Gasteiger partial charge on any atom is -0.362 e. The Kier molecular flexibility index (Phi) is 4.45. The van der Waals surface area contributed by atoms with Gasteiger partial charge in [0, 0.05) is 48.2 Å². The number of H-pyrrole nitrogens is 1. The molecule has 1 saturated heterocycles. The quantitative estimate of drug-likeness (QED) is 0.551. The van der Waals surface area contributed by atoms with E-state index < -0.39 is 0 Å². The number of fused-ring (bicyclic) bond motifs is 1. The van der Waals surface area contributed by atoms with Crippen LogP contribution in [0, 0.1) is 10.1 Å². The highest BCUT2D eigenvalue weighted by Gasteiger charge is 2.26. The molecular formula is C19H17ClN4O3. The number of aromatic nitrogens is 1. The largest absolute Gasteiger partial charge is 0.362 e. The minimum absolute atomic E-state index is 0.0791. The fourth-order valence-electron chi connectivity index (χ4n) is 3.43. The van der Waals surface area contributed by atoms with Gasteiger partial charge in [-0.25, -0.2) is 0 Å². The molecule has 0 bridgehead atoms. The summed E-state index contributed by atoms with van der Waals surface area (Å²) in [6.45, 7) is 2.09. The molecule has 0 spiro atoms. The lowest BCUT2D eigenvalue weighted by molar-refractivity contribution is -0.384. The van der Waals surface area contributed by atoms with Crippen molar-refractivity contribution >= 4 is 39.8 Å². The molecule has 8 heteroatoms. The van der Waals surface area contributed by atoms with Crippen LogP contribution >= 0.6 is 11.6 Å². The molecule has 138 valence electrons. The number of aromatic amines is 1. The summed E-state index contributed by atoms with van der Waals surface area (Å²) in [4.78, 5) is 30.5. The first-order valence-electron chi connectivity index (χ1n) is 8.59. The maximum atomic E-state index is 12.8. The van der Waals surface area contributed by atoms with Gasteiger partial charge in [-0.3, -0.25) is 14.9 Å². The van der Waals surface area contributed by atoms with Crippen molar-refractivity contribution in [2.75, 3.05) is 31.1 Å². The van der Waals surface area contributed by atoms with Gasteiger partial charge in [0.25, 0.3) is 11.6 Å². The molecule has 1 aliphatic heterocycles. The molecule has 0 aliphatic carbocycles. The molecule has 1 aromatic heterocycles. The Morgan fingerprint density at radius 3 is 2.56 bits per heavy atom. The molecule has 2 heterocycles. The van der Waals surface area contributed by atoms with E-state index >= 15 is 0 Å². The first kappa shape index (κ1) is 17.4. The highest BCUT2D eigenvalue weighted by atomic mass is 35.5. The van der Waals surface area contributed by atoms with Crippen LogP contribution in [0.4, 0.5) is 11.4 Å². The van der Waals surface area contributed by atoms with Gasteiger partial charge in [0.05, 0.1) is 4.92 Å². The number of nitrogens with zero attached hydrogens (tertiary/aromatic N) is 3. The lowest BCUT2D eigenvalue weighted by Gasteiger charge is -2.35. The summed E-state index contributed by atoms with van der Waals surface area (Å²) in [6.07, 6.45) is 0. The number of hydrogen-bond donors (Lipinski definition) is 1. The van der Waals surface area contributed by atoms with Crippen molar-refractivity contribution in [2.24, 2.45) is 0 Å². The monoisotopic (exact) mass is 384 g/mol. The van der Waals surface area contributed by atoms with Crippen molar-refractivity contribution in [1.82, 2.24) is 9.88 Å². The lowest BCUT2D eigenvalue weighted by Crippen LogP contribution is -2.49. The van der Waals surface area contributed by atoms with E-state index in [2.05, 4.69) is 4.98 Å². The van der Waals surface area contributed by atoms with Gasteiger partial charge < -0.3 is 14.8 Å². The zero-order valence-corrected chi connectivity index (χ0v) is 15.1. The van der Waals surface area contributed by atoms with Gasteiger partial charge in [-0.15, -0.1) is 0 Å². The molecule has 1 N–H and O–H groups in total. The van der Waals surface area contributed by atoms with E-state index in [1.165, 1.54) is 6.07 Å². The van der Waals surface area contributed by atoms with Gasteiger partial charge >= 0.3 is 0 Å². The summed E-state index contributed by atoms with van der Waals surface area (Å²) in [5.74, 6) is -0.0791. The average molecular weight is 385 g/mol. The molecule has 0 radical (unpaired) electrons. The van der Waals surface area contributed by atoms with Crippen LogP contribution in [0.15, 0.2) is 48.5 Å². The number of halogens is 1. The fourth-order valence-corrected chi connectivity index (χ4v) is 3.61. The number of piperazine rings is 1. The number of benzene rings is 2. The first-order chi connectivity index (χ1) is 13.0. The van der Waals surface area contributed by atoms with E-state index in [9.17, 15) is 14.9 Å². The Morgan fingerprint density at radius 1 is 1.07 bits per heavy atom. The van der Waals surface area contributed by atoms with Gasteiger partial charge in [-0.2, -0.15) is 0 Å². The van der Waals surface area contributed by atoms with Crippen LogP contribution in [-0.4, -0.2) is 46.9 Å². The first-order valence-corrected chi connectivity index (χ1v) is 8.96. The lowest BCUT2D eigenvalue weighted by atomic mass is 10.2. The van der Waals surface area contributed by atoms with E-state index in [-0.39, 0.29) is 16.5 Å². The molecule has 1 amide bonds. The van der Waals surface area contributed by atoms with E-state index in [4.69, 9.17) is 11.6 Å². The zero-order valence-electron chi connectivity index (χ0n) is 14.4. The third-order valence-electron chi connectivity index (χ3n) is 4.80. The molecule has 1 fully saturated rings. The minimum atomic E-state index is -0.373. The van der Waals surface area contributed by atoms with Crippen LogP contribution in [0.1, 0.15) is 10.5 Å². The molecular weight excluding hydrogens is 368 g/mol. The molecule has 7 nitrogen and oxygen atoms in total. The number of rotatable bonds is 3. The van der Waals surface area contributed by atoms with Crippen LogP contribution < -0.4 is 4.90 Å². The molecule has 2 aromatic carbocycles. The predicted octanol–water partition coefficient (Wildman–Crippen LogP) is 3.69. The van der Waals surface area contributed by atoms with Crippen LogP contribution in [-0.2, 0) is 0 Å². The van der Waals surface area contributed by atoms with Crippen molar-refractivity contribution in [2.45, 2.75) is 0 Å². The Balaban J connectivity index is 1.48. The smallest absolute Gasteiger partial charge is 0.292 e. The Bertz CT molecular complexity index is 1020. The highest BCUT2D eigenvalue weighted by Crippen LogP contribution is 2.28. The number of amides is 1. The van der Waals surface area contributed by atoms with Gasteiger partial charge in [0.1, 0.15) is 11.4 Å². The van der Waals surface area contributed by atoms with Crippen molar-refractivity contribution < 1.29 is 9.72 Å². The standard InChI is InChI=1S/C19H17ClN4O3/c20-14-5-6-15-13(11-14)12-16(21-15)19(25)23-9-7-22(8-10-23)17-3-1-2-4-18(17)24(26)27/h1-6,11-12,21H,7-10H2. The summed E-state index contributed by atoms with van der Waals surface area (Å²) in [5, 5.41) is 12.7. The van der Waals surface area contributed by atoms with Crippen LogP contribution in [0.3, 0.4) is 0 Å². The van der Waals surface area contributed by atoms with Crippen LogP contribution in [0.2, 0.25) is 5.02 Å². The normalized spacial score (nSPS) is 14.6. The summed E-state index contributed by atoms with van der Waals surface area (Å²) in [6, 6.07) is 13.9. The number of para-hydroxylation sites is 2. The van der Waals surface area contributed by atoms with Gasteiger partial charge in [-0.1, -0.05) is 23.7 Å². The number of carbonyl (C=O) groups excluding carboxylic acids is 1. The average Bonchev–Trinajstić information content (AvgIpc) is 3.10. The fraction of sp³-hybridized carbons (Fsp3) is 0.211. The second-order valence-electron chi connectivity index (χ2n) is 6.44. The SMILES string of the molecule is O=C(c1cc2cc(Cl)ccc2[nH]1)N1CCN(c2ccccc2[N+](=O)[O-])CC1. The van der Waals surface area contributed by atoms with Crippen molar-refractivity contribution in [1.29, 1.82) is 0 Å². The van der Waals surface area contributed by atoms with Crippen molar-refractivity contribution in [3.05, 3.63) is 69.4 Å². The molecule has 1 aliphatic rings. The second kappa shape index (κ2) is 6.92. The summed E-state index contributed by atoms with van der Waals surface area (Å²) < 4.78 is 0. The molecule has 4 rings (SSSR count). The van der Waals surface area contributed by atoms with Gasteiger partial charge in [-0.05, 0) is 30.3 Å². The number of anilines is 1.